The molecule has 0 unspecified atom stereocenters. The summed E-state index contributed by atoms with van der Waals surface area (Å²) in [6.45, 7) is 2.32. The van der Waals surface area contributed by atoms with Crippen molar-refractivity contribution in [2.75, 3.05) is 26.8 Å². The van der Waals surface area contributed by atoms with E-state index >= 15 is 0 Å². The van der Waals surface area contributed by atoms with Crippen LogP contribution in [-0.4, -0.2) is 37.6 Å². The standard InChI is InChI=1S/C10H16N2O2/c1-14-8-9-3-6-12(7-4-9)10(13)2-5-11/h9H,2-4,6-8H2,1H3. The zero-order valence-corrected chi connectivity index (χ0v) is 8.53. The predicted octanol–water partition coefficient (Wildman–Crippen LogP) is 0.785. The highest BCUT2D eigenvalue weighted by molar-refractivity contribution is 5.78. The number of nitrogens with zero attached hydrogens (tertiary/aromatic N) is 2. The van der Waals surface area contributed by atoms with Crippen LogP contribution < -0.4 is 0 Å². The molecule has 0 atom stereocenters. The smallest absolute Gasteiger partial charge is 0.236 e. The van der Waals surface area contributed by atoms with Gasteiger partial charge >= 0.3 is 0 Å². The fourth-order valence-electron chi connectivity index (χ4n) is 1.76. The van der Waals surface area contributed by atoms with Gasteiger partial charge in [-0.2, -0.15) is 5.26 Å². The lowest BCUT2D eigenvalue weighted by Gasteiger charge is -2.31. The highest BCUT2D eigenvalue weighted by Crippen LogP contribution is 2.17. The minimum Gasteiger partial charge on any atom is -0.384 e. The van der Waals surface area contributed by atoms with Crippen molar-refractivity contribution in [1.29, 1.82) is 5.26 Å². The van der Waals surface area contributed by atoms with E-state index in [1.165, 1.54) is 0 Å². The molecule has 1 aliphatic rings. The molecule has 4 heteroatoms. The molecule has 0 spiro atoms. The number of hydrogen-bond acceptors (Lipinski definition) is 3. The second-order valence-corrected chi connectivity index (χ2v) is 3.61. The Morgan fingerprint density at radius 2 is 2.21 bits per heavy atom. The van der Waals surface area contributed by atoms with E-state index in [4.69, 9.17) is 10.00 Å². The highest BCUT2D eigenvalue weighted by atomic mass is 16.5. The van der Waals surface area contributed by atoms with Crippen molar-refractivity contribution in [3.8, 4) is 6.07 Å². The largest absolute Gasteiger partial charge is 0.384 e. The van der Waals surface area contributed by atoms with Crippen LogP contribution in [0.5, 0.6) is 0 Å². The molecule has 0 aromatic heterocycles. The number of likely N-dealkylation sites (tertiary alicyclic amines) is 1. The van der Waals surface area contributed by atoms with Crippen molar-refractivity contribution >= 4 is 5.91 Å². The summed E-state index contributed by atoms with van der Waals surface area (Å²) in [5.74, 6) is 0.537. The molecular formula is C10H16N2O2. The number of amides is 1. The van der Waals surface area contributed by atoms with Crippen molar-refractivity contribution in [1.82, 2.24) is 4.90 Å². The first kappa shape index (κ1) is 11.0. The van der Waals surface area contributed by atoms with Gasteiger partial charge in [0.1, 0.15) is 6.42 Å². The van der Waals surface area contributed by atoms with Gasteiger partial charge in [0.05, 0.1) is 6.07 Å². The zero-order chi connectivity index (χ0) is 10.4. The maximum atomic E-state index is 11.3. The van der Waals surface area contributed by atoms with E-state index in [2.05, 4.69) is 0 Å². The molecule has 1 fully saturated rings. The normalized spacial score (nSPS) is 17.9. The molecule has 0 aromatic rings. The van der Waals surface area contributed by atoms with Crippen LogP contribution in [0, 0.1) is 17.2 Å². The quantitative estimate of drug-likeness (QED) is 0.670. The molecule has 1 rings (SSSR count). The van der Waals surface area contributed by atoms with Gasteiger partial charge in [0, 0.05) is 26.8 Å². The third-order valence-electron chi connectivity index (χ3n) is 2.60. The summed E-state index contributed by atoms with van der Waals surface area (Å²) in [7, 11) is 1.70. The Balaban J connectivity index is 2.29. The average Bonchev–Trinajstić information content (AvgIpc) is 2.20. The molecule has 1 aliphatic heterocycles. The number of hydrogen-bond donors (Lipinski definition) is 0. The lowest BCUT2D eigenvalue weighted by atomic mass is 9.98. The Labute approximate surface area is 84.4 Å². The first-order valence-electron chi connectivity index (χ1n) is 4.91. The first-order chi connectivity index (χ1) is 6.77. The molecule has 1 saturated heterocycles. The molecule has 0 radical (unpaired) electrons. The van der Waals surface area contributed by atoms with Gasteiger partial charge in [0.2, 0.25) is 5.91 Å². The van der Waals surface area contributed by atoms with E-state index in [0.29, 0.717) is 5.92 Å². The monoisotopic (exact) mass is 196 g/mol. The molecule has 14 heavy (non-hydrogen) atoms. The van der Waals surface area contributed by atoms with Gasteiger partial charge in [0.25, 0.3) is 0 Å². The van der Waals surface area contributed by atoms with Gasteiger partial charge in [-0.15, -0.1) is 0 Å². The van der Waals surface area contributed by atoms with E-state index in [0.717, 1.165) is 32.5 Å². The maximum absolute atomic E-state index is 11.3. The molecule has 1 heterocycles. The van der Waals surface area contributed by atoms with Gasteiger partial charge in [-0.25, -0.2) is 0 Å². The van der Waals surface area contributed by atoms with Crippen molar-refractivity contribution in [2.45, 2.75) is 19.3 Å². The summed E-state index contributed by atoms with van der Waals surface area (Å²) in [5, 5.41) is 8.39. The third kappa shape index (κ3) is 3.00. The van der Waals surface area contributed by atoms with Crippen LogP contribution in [0.3, 0.4) is 0 Å². The maximum Gasteiger partial charge on any atom is 0.236 e. The summed E-state index contributed by atoms with van der Waals surface area (Å²) in [5.41, 5.74) is 0. The number of rotatable bonds is 3. The van der Waals surface area contributed by atoms with Crippen LogP contribution in [0.1, 0.15) is 19.3 Å². The van der Waals surface area contributed by atoms with Crippen molar-refractivity contribution < 1.29 is 9.53 Å². The van der Waals surface area contributed by atoms with Gasteiger partial charge < -0.3 is 9.64 Å². The molecule has 78 valence electrons. The zero-order valence-electron chi connectivity index (χ0n) is 8.53. The highest BCUT2D eigenvalue weighted by Gasteiger charge is 2.21. The second kappa shape index (κ2) is 5.61. The van der Waals surface area contributed by atoms with E-state index in [1.54, 1.807) is 12.0 Å². The van der Waals surface area contributed by atoms with Crippen molar-refractivity contribution in [3.05, 3.63) is 0 Å². The SMILES string of the molecule is COCC1CCN(C(=O)CC#N)CC1. The molecule has 0 bridgehead atoms. The first-order valence-corrected chi connectivity index (χ1v) is 4.91. The molecule has 0 aliphatic carbocycles. The van der Waals surface area contributed by atoms with Crippen LogP contribution in [-0.2, 0) is 9.53 Å². The number of carbonyl (C=O) groups excluding carboxylic acids is 1. The van der Waals surface area contributed by atoms with E-state index in [9.17, 15) is 4.79 Å². The Bertz CT molecular complexity index is 227. The van der Waals surface area contributed by atoms with Crippen molar-refractivity contribution in [2.24, 2.45) is 5.92 Å². The number of piperidine rings is 1. The van der Waals surface area contributed by atoms with Gasteiger partial charge in [-0.3, -0.25) is 4.79 Å². The third-order valence-corrected chi connectivity index (χ3v) is 2.60. The van der Waals surface area contributed by atoms with Gasteiger partial charge in [-0.05, 0) is 18.8 Å². The Morgan fingerprint density at radius 1 is 1.57 bits per heavy atom. The minimum absolute atomic E-state index is 0.00887. The van der Waals surface area contributed by atoms with Crippen molar-refractivity contribution in [3.63, 3.8) is 0 Å². The average molecular weight is 196 g/mol. The minimum atomic E-state index is -0.0385. The fraction of sp³-hybridized carbons (Fsp3) is 0.800. The predicted molar refractivity (Wildman–Crippen MR) is 51.4 cm³/mol. The summed E-state index contributed by atoms with van der Waals surface area (Å²) < 4.78 is 5.07. The van der Waals surface area contributed by atoms with E-state index in [-0.39, 0.29) is 12.3 Å². The van der Waals surface area contributed by atoms with Crippen LogP contribution in [0.25, 0.3) is 0 Å². The van der Waals surface area contributed by atoms with Gasteiger partial charge in [0.15, 0.2) is 0 Å². The van der Waals surface area contributed by atoms with Crippen LogP contribution >= 0.6 is 0 Å². The van der Waals surface area contributed by atoms with Gasteiger partial charge in [-0.1, -0.05) is 0 Å². The molecular weight excluding hydrogens is 180 g/mol. The summed E-state index contributed by atoms with van der Waals surface area (Å²) in [6, 6.07) is 1.89. The topological polar surface area (TPSA) is 53.3 Å². The Hall–Kier alpha value is -1.08. The van der Waals surface area contributed by atoms with E-state index in [1.807, 2.05) is 6.07 Å². The van der Waals surface area contributed by atoms with Crippen LogP contribution in [0.2, 0.25) is 0 Å². The molecule has 1 amide bonds. The summed E-state index contributed by atoms with van der Waals surface area (Å²) in [6.07, 6.45) is 1.99. The number of methoxy groups -OCH3 is 1. The number of ether oxygens (including phenoxy) is 1. The number of carbonyl (C=O) groups is 1. The fourth-order valence-corrected chi connectivity index (χ4v) is 1.76. The summed E-state index contributed by atoms with van der Waals surface area (Å²) >= 11 is 0. The lowest BCUT2D eigenvalue weighted by molar-refractivity contribution is -0.131. The molecule has 0 saturated carbocycles. The Morgan fingerprint density at radius 3 is 2.71 bits per heavy atom. The summed E-state index contributed by atoms with van der Waals surface area (Å²) in [4.78, 5) is 13.1. The molecule has 0 aromatic carbocycles. The Kier molecular flexibility index (Phi) is 4.41. The number of nitriles is 1. The molecule has 4 nitrogen and oxygen atoms in total. The lowest BCUT2D eigenvalue weighted by Crippen LogP contribution is -2.39. The van der Waals surface area contributed by atoms with Crippen LogP contribution in [0.15, 0.2) is 0 Å². The van der Waals surface area contributed by atoms with E-state index < -0.39 is 0 Å². The van der Waals surface area contributed by atoms with Crippen LogP contribution in [0.4, 0.5) is 0 Å². The molecule has 0 N–H and O–H groups in total. The second-order valence-electron chi connectivity index (χ2n) is 3.61.